The van der Waals surface area contributed by atoms with Crippen molar-refractivity contribution in [3.05, 3.63) is 22.8 Å². The van der Waals surface area contributed by atoms with Gasteiger partial charge in [0.1, 0.15) is 5.82 Å². The Morgan fingerprint density at radius 3 is 2.62 bits per heavy atom. The largest absolute Gasteiger partial charge is 0.391 e. The van der Waals surface area contributed by atoms with Crippen molar-refractivity contribution >= 4 is 23.3 Å². The first-order valence-corrected chi connectivity index (χ1v) is 9.06. The van der Waals surface area contributed by atoms with Crippen molar-refractivity contribution < 1.29 is 9.90 Å². The summed E-state index contributed by atoms with van der Waals surface area (Å²) in [6, 6.07) is 2.16. The van der Waals surface area contributed by atoms with Crippen LogP contribution in [0, 0.1) is 0 Å². The van der Waals surface area contributed by atoms with E-state index in [4.69, 9.17) is 17.3 Å². The van der Waals surface area contributed by atoms with E-state index in [0.29, 0.717) is 28.5 Å². The molecule has 132 valence electrons. The number of rotatable bonds is 4. The Balaban J connectivity index is 1.54. The van der Waals surface area contributed by atoms with Crippen LogP contribution >= 0.6 is 11.6 Å². The van der Waals surface area contributed by atoms with Gasteiger partial charge in [0.05, 0.1) is 16.7 Å². The zero-order chi connectivity index (χ0) is 17.1. The number of hydrogen-bond acceptors (Lipinski definition) is 5. The highest BCUT2D eigenvalue weighted by Crippen LogP contribution is 2.28. The van der Waals surface area contributed by atoms with Gasteiger partial charge in [-0.05, 0) is 31.7 Å². The van der Waals surface area contributed by atoms with E-state index in [9.17, 15) is 9.90 Å². The second kappa shape index (κ2) is 7.68. The minimum Gasteiger partial charge on any atom is -0.391 e. The van der Waals surface area contributed by atoms with Crippen LogP contribution in [0.5, 0.6) is 0 Å². The summed E-state index contributed by atoms with van der Waals surface area (Å²) < 4.78 is 0. The quantitative estimate of drug-likeness (QED) is 0.771. The molecule has 2 unspecified atom stereocenters. The molecule has 1 amide bonds. The van der Waals surface area contributed by atoms with E-state index in [2.05, 4.69) is 15.2 Å². The molecule has 0 aromatic carbocycles. The topological polar surface area (TPSA) is 91.5 Å². The van der Waals surface area contributed by atoms with E-state index in [-0.39, 0.29) is 6.10 Å². The van der Waals surface area contributed by atoms with Crippen LogP contribution in [0.2, 0.25) is 5.02 Å². The highest BCUT2D eigenvalue weighted by molar-refractivity contribution is 6.33. The second-order valence-corrected chi connectivity index (χ2v) is 7.20. The fourth-order valence-corrected chi connectivity index (χ4v) is 3.99. The lowest BCUT2D eigenvalue weighted by Gasteiger charge is -2.41. The average Bonchev–Trinajstić information content (AvgIpc) is 2.58. The van der Waals surface area contributed by atoms with Gasteiger partial charge in [0.25, 0.3) is 0 Å². The van der Waals surface area contributed by atoms with Gasteiger partial charge >= 0.3 is 0 Å². The second-order valence-electron chi connectivity index (χ2n) is 6.79. The molecule has 0 spiro atoms. The van der Waals surface area contributed by atoms with Crippen molar-refractivity contribution in [3.8, 4) is 0 Å². The molecule has 4 N–H and O–H groups in total. The molecule has 6 nitrogen and oxygen atoms in total. The third-order valence-electron chi connectivity index (χ3n) is 5.16. The lowest BCUT2D eigenvalue weighted by atomic mass is 9.89. The summed E-state index contributed by atoms with van der Waals surface area (Å²) in [5.74, 6) is 0.0631. The number of anilines is 1. The molecular weight excluding hydrogens is 328 g/mol. The summed E-state index contributed by atoms with van der Waals surface area (Å²) in [7, 11) is 0. The highest BCUT2D eigenvalue weighted by atomic mass is 35.5. The maximum atomic E-state index is 11.1. The van der Waals surface area contributed by atoms with Crippen molar-refractivity contribution in [1.82, 2.24) is 9.88 Å². The Bertz CT molecular complexity index is 590. The monoisotopic (exact) mass is 352 g/mol. The highest BCUT2D eigenvalue weighted by Gasteiger charge is 2.31. The lowest BCUT2D eigenvalue weighted by molar-refractivity contribution is 0.00992. The Morgan fingerprint density at radius 1 is 1.29 bits per heavy atom. The number of aliphatic hydroxyl groups excluding tert-OH is 1. The van der Waals surface area contributed by atoms with E-state index in [1.165, 1.54) is 12.6 Å². The zero-order valence-corrected chi connectivity index (χ0v) is 14.5. The molecule has 2 atom stereocenters. The Hall–Kier alpha value is -1.37. The molecule has 1 aromatic heterocycles. The van der Waals surface area contributed by atoms with Crippen molar-refractivity contribution in [1.29, 1.82) is 0 Å². The van der Waals surface area contributed by atoms with Crippen molar-refractivity contribution in [2.45, 2.75) is 56.7 Å². The number of nitrogens with one attached hydrogen (secondary N) is 1. The third-order valence-corrected chi connectivity index (χ3v) is 5.45. The summed E-state index contributed by atoms with van der Waals surface area (Å²) in [6.45, 7) is 1.94. The number of pyridine rings is 1. The molecule has 1 aliphatic carbocycles. The number of piperidine rings is 1. The van der Waals surface area contributed by atoms with E-state index in [1.54, 1.807) is 6.07 Å². The molecule has 2 aliphatic rings. The number of nitrogens with zero attached hydrogens (tertiary/aromatic N) is 2. The summed E-state index contributed by atoms with van der Waals surface area (Å²) in [5.41, 5.74) is 5.54. The lowest BCUT2D eigenvalue weighted by Crippen LogP contribution is -2.50. The Kier molecular flexibility index (Phi) is 5.58. The number of aromatic nitrogens is 1. The van der Waals surface area contributed by atoms with Crippen LogP contribution in [0.25, 0.3) is 0 Å². The van der Waals surface area contributed by atoms with Crippen LogP contribution in [-0.4, -0.2) is 52.2 Å². The predicted molar refractivity (Wildman–Crippen MR) is 94.2 cm³/mol. The molecule has 1 saturated carbocycles. The van der Waals surface area contributed by atoms with E-state index < -0.39 is 5.91 Å². The maximum absolute atomic E-state index is 11.1. The van der Waals surface area contributed by atoms with E-state index in [1.807, 2.05) is 0 Å². The number of carbonyl (C=O) groups is 1. The molecule has 2 heterocycles. The first-order chi connectivity index (χ1) is 11.5. The van der Waals surface area contributed by atoms with Crippen LogP contribution in [0.3, 0.4) is 0 Å². The average molecular weight is 353 g/mol. The number of halogens is 1. The number of hydrogen-bond donors (Lipinski definition) is 3. The molecule has 7 heteroatoms. The van der Waals surface area contributed by atoms with Crippen LogP contribution in [-0.2, 0) is 0 Å². The molecule has 1 aromatic rings. The van der Waals surface area contributed by atoms with Crippen molar-refractivity contribution in [3.63, 3.8) is 0 Å². The maximum Gasteiger partial charge on any atom is 0.250 e. The summed E-state index contributed by atoms with van der Waals surface area (Å²) in [6.07, 6.45) is 7.62. The first-order valence-electron chi connectivity index (χ1n) is 8.68. The minimum absolute atomic E-state index is 0.180. The third kappa shape index (κ3) is 3.99. The summed E-state index contributed by atoms with van der Waals surface area (Å²) in [5, 5.41) is 14.0. The molecule has 0 radical (unpaired) electrons. The standard InChI is InChI=1S/C17H25ClN4O2/c18-13-9-11(16(19)24)10-20-17(13)21-12-5-7-22(8-6-12)14-3-1-2-4-15(14)23/h9-10,12,14-15,23H,1-8H2,(H2,19,24)(H,20,21). The fourth-order valence-electron chi connectivity index (χ4n) is 3.77. The molecular formula is C17H25ClN4O2. The van der Waals surface area contributed by atoms with Crippen molar-refractivity contribution in [2.75, 3.05) is 18.4 Å². The van der Waals surface area contributed by atoms with Gasteiger partial charge in [-0.25, -0.2) is 4.98 Å². The SMILES string of the molecule is NC(=O)c1cnc(NC2CCN(C3CCCCC3O)CC2)c(Cl)c1. The van der Waals surface area contributed by atoms with Gasteiger partial charge in [-0.1, -0.05) is 24.4 Å². The van der Waals surface area contributed by atoms with Crippen molar-refractivity contribution in [2.24, 2.45) is 5.73 Å². The van der Waals surface area contributed by atoms with E-state index >= 15 is 0 Å². The van der Waals surface area contributed by atoms with Gasteiger partial charge in [-0.3, -0.25) is 9.69 Å². The van der Waals surface area contributed by atoms with Crippen LogP contribution in [0.1, 0.15) is 48.9 Å². The number of carbonyl (C=O) groups excluding carboxylic acids is 1. The summed E-state index contributed by atoms with van der Waals surface area (Å²) >= 11 is 6.19. The smallest absolute Gasteiger partial charge is 0.250 e. The molecule has 0 bridgehead atoms. The molecule has 3 rings (SSSR count). The predicted octanol–water partition coefficient (Wildman–Crippen LogP) is 2.01. The summed E-state index contributed by atoms with van der Waals surface area (Å²) in [4.78, 5) is 17.8. The normalized spacial score (nSPS) is 26.2. The van der Waals surface area contributed by atoms with Gasteiger partial charge in [-0.15, -0.1) is 0 Å². The Morgan fingerprint density at radius 2 is 2.00 bits per heavy atom. The van der Waals surface area contributed by atoms with E-state index in [0.717, 1.165) is 45.2 Å². The van der Waals surface area contributed by atoms with Gasteiger partial charge in [0.2, 0.25) is 5.91 Å². The molecule has 2 fully saturated rings. The molecule has 1 saturated heterocycles. The zero-order valence-electron chi connectivity index (χ0n) is 13.7. The van der Waals surface area contributed by atoms with Gasteiger partial charge in [0, 0.05) is 31.4 Å². The van der Waals surface area contributed by atoms with Crippen LogP contribution in [0.15, 0.2) is 12.3 Å². The number of amides is 1. The molecule has 1 aliphatic heterocycles. The fraction of sp³-hybridized carbons (Fsp3) is 0.647. The Labute approximate surface area is 147 Å². The number of aliphatic hydroxyl groups is 1. The number of likely N-dealkylation sites (tertiary alicyclic amines) is 1. The van der Waals surface area contributed by atoms with Gasteiger partial charge in [0.15, 0.2) is 0 Å². The first kappa shape index (κ1) is 17.5. The molecule has 24 heavy (non-hydrogen) atoms. The van der Waals surface area contributed by atoms with Gasteiger partial charge in [-0.2, -0.15) is 0 Å². The van der Waals surface area contributed by atoms with Crippen LogP contribution in [0.4, 0.5) is 5.82 Å². The number of primary amides is 1. The number of nitrogens with two attached hydrogens (primary N) is 1. The van der Waals surface area contributed by atoms with Crippen LogP contribution < -0.4 is 11.1 Å². The minimum atomic E-state index is -0.532. The van der Waals surface area contributed by atoms with Gasteiger partial charge < -0.3 is 16.2 Å².